The lowest BCUT2D eigenvalue weighted by molar-refractivity contribution is -0.384. The molecule has 7 nitrogen and oxygen atoms in total. The maximum absolute atomic E-state index is 10.8. The van der Waals surface area contributed by atoms with Crippen LogP contribution in [-0.4, -0.2) is 24.0 Å². The number of rotatable bonds is 9. The number of nitrogens with zero attached hydrogens (tertiary/aromatic N) is 1. The summed E-state index contributed by atoms with van der Waals surface area (Å²) in [6, 6.07) is 4.56. The molecule has 0 bridgehead atoms. The van der Waals surface area contributed by atoms with Crippen LogP contribution in [0, 0.1) is 10.1 Å². The zero-order chi connectivity index (χ0) is 15.0. The fourth-order valence-electron chi connectivity index (χ4n) is 1.70. The largest absolute Gasteiger partial charge is 0.494 e. The second-order valence-electron chi connectivity index (χ2n) is 4.26. The monoisotopic (exact) mass is 281 g/mol. The highest BCUT2D eigenvalue weighted by atomic mass is 16.6. The molecule has 0 heterocycles. The number of nitro groups is 1. The highest BCUT2D eigenvalue weighted by Gasteiger charge is 2.10. The molecule has 1 aromatic rings. The van der Waals surface area contributed by atoms with Crippen LogP contribution in [-0.2, 0) is 4.79 Å². The molecule has 0 atom stereocenters. The van der Waals surface area contributed by atoms with Crippen LogP contribution < -0.4 is 15.8 Å². The van der Waals surface area contributed by atoms with Crippen LogP contribution in [0.2, 0.25) is 0 Å². The van der Waals surface area contributed by atoms with Crippen molar-refractivity contribution in [3.05, 3.63) is 28.3 Å². The Morgan fingerprint density at radius 2 is 2.15 bits per heavy atom. The summed E-state index contributed by atoms with van der Waals surface area (Å²) >= 11 is 0. The summed E-state index contributed by atoms with van der Waals surface area (Å²) in [5.41, 5.74) is 5.65. The first-order valence-corrected chi connectivity index (χ1v) is 6.47. The quantitative estimate of drug-likeness (QED) is 0.409. The van der Waals surface area contributed by atoms with Gasteiger partial charge in [0.2, 0.25) is 5.91 Å². The van der Waals surface area contributed by atoms with Gasteiger partial charge in [0.25, 0.3) is 5.69 Å². The number of nitro benzene ring substituents is 1. The average molecular weight is 281 g/mol. The van der Waals surface area contributed by atoms with E-state index >= 15 is 0 Å². The van der Waals surface area contributed by atoms with E-state index in [0.29, 0.717) is 37.4 Å². The molecule has 0 unspecified atom stereocenters. The molecule has 0 aliphatic carbocycles. The van der Waals surface area contributed by atoms with Crippen molar-refractivity contribution in [1.82, 2.24) is 0 Å². The number of nitrogens with two attached hydrogens (primary N) is 1. The molecule has 1 amide bonds. The lowest BCUT2D eigenvalue weighted by Gasteiger charge is -2.09. The van der Waals surface area contributed by atoms with Gasteiger partial charge < -0.3 is 15.8 Å². The van der Waals surface area contributed by atoms with E-state index in [4.69, 9.17) is 10.5 Å². The summed E-state index contributed by atoms with van der Waals surface area (Å²) < 4.78 is 5.29. The van der Waals surface area contributed by atoms with Crippen molar-refractivity contribution < 1.29 is 14.5 Å². The van der Waals surface area contributed by atoms with E-state index < -0.39 is 4.92 Å². The second-order valence-corrected chi connectivity index (χ2v) is 4.26. The van der Waals surface area contributed by atoms with Crippen LogP contribution in [0.3, 0.4) is 0 Å². The Kier molecular flexibility index (Phi) is 6.28. The summed E-state index contributed by atoms with van der Waals surface area (Å²) in [5.74, 6) is 0.139. The van der Waals surface area contributed by atoms with Gasteiger partial charge in [-0.25, -0.2) is 0 Å². The Bertz CT molecular complexity index is 477. The molecule has 0 spiro atoms. The number of carbonyl (C=O) groups is 1. The highest BCUT2D eigenvalue weighted by Crippen LogP contribution is 2.26. The Hall–Kier alpha value is -2.31. The predicted molar refractivity (Wildman–Crippen MR) is 75.8 cm³/mol. The van der Waals surface area contributed by atoms with Gasteiger partial charge in [0, 0.05) is 30.8 Å². The molecule has 1 aromatic carbocycles. The van der Waals surface area contributed by atoms with E-state index in [1.54, 1.807) is 6.07 Å². The van der Waals surface area contributed by atoms with Gasteiger partial charge in [0.15, 0.2) is 0 Å². The number of carbonyl (C=O) groups excluding carboxylic acids is 1. The Balaban J connectivity index is 2.59. The van der Waals surface area contributed by atoms with Gasteiger partial charge in [-0.3, -0.25) is 14.9 Å². The number of non-ortho nitro benzene ring substituents is 1. The number of primary amides is 1. The number of unbranched alkanes of at least 4 members (excludes halogenated alkanes) is 1. The predicted octanol–water partition coefficient (Wildman–Crippen LogP) is 2.06. The van der Waals surface area contributed by atoms with Crippen LogP contribution in [0.4, 0.5) is 11.4 Å². The van der Waals surface area contributed by atoms with Crippen LogP contribution in [0.5, 0.6) is 5.75 Å². The lowest BCUT2D eigenvalue weighted by atomic mass is 10.2. The van der Waals surface area contributed by atoms with Crippen LogP contribution >= 0.6 is 0 Å². The number of hydrogen-bond acceptors (Lipinski definition) is 5. The fourth-order valence-corrected chi connectivity index (χ4v) is 1.70. The molecule has 0 saturated heterocycles. The molecule has 0 aliphatic heterocycles. The standard InChI is InChI=1S/C13H19N3O4/c1-2-20-12-8-10(7-11(9-12)16(18)19)15-6-4-3-5-13(14)17/h7-9,15H,2-6H2,1H3,(H2,14,17). The van der Waals surface area contributed by atoms with Crippen molar-refractivity contribution in [3.8, 4) is 5.75 Å². The first-order chi connectivity index (χ1) is 9.52. The third kappa shape index (κ3) is 5.55. The molecule has 1 rings (SSSR count). The summed E-state index contributed by atoms with van der Waals surface area (Å²) in [4.78, 5) is 21.0. The topological polar surface area (TPSA) is 107 Å². The molecule has 7 heteroatoms. The summed E-state index contributed by atoms with van der Waals surface area (Å²) in [5, 5.41) is 13.9. The van der Waals surface area contributed by atoms with E-state index in [2.05, 4.69) is 5.32 Å². The number of amides is 1. The number of hydrogen-bond donors (Lipinski definition) is 2. The molecule has 3 N–H and O–H groups in total. The SMILES string of the molecule is CCOc1cc(NCCCCC(N)=O)cc([N+](=O)[O-])c1. The van der Waals surface area contributed by atoms with Crippen LogP contribution in [0.25, 0.3) is 0 Å². The maximum atomic E-state index is 10.8. The minimum Gasteiger partial charge on any atom is -0.494 e. The van der Waals surface area contributed by atoms with Crippen molar-refractivity contribution >= 4 is 17.3 Å². The minimum absolute atomic E-state index is 0.0180. The summed E-state index contributed by atoms with van der Waals surface area (Å²) in [6.07, 6.45) is 1.80. The zero-order valence-electron chi connectivity index (χ0n) is 11.4. The van der Waals surface area contributed by atoms with Gasteiger partial charge >= 0.3 is 0 Å². The first-order valence-electron chi connectivity index (χ1n) is 6.47. The number of anilines is 1. The maximum Gasteiger partial charge on any atom is 0.275 e. The van der Waals surface area contributed by atoms with Gasteiger partial charge in [-0.15, -0.1) is 0 Å². The summed E-state index contributed by atoms with van der Waals surface area (Å²) in [7, 11) is 0. The van der Waals surface area contributed by atoms with Crippen LogP contribution in [0.15, 0.2) is 18.2 Å². The molecule has 0 aliphatic rings. The molecule has 20 heavy (non-hydrogen) atoms. The molecule has 0 radical (unpaired) electrons. The molecule has 0 fully saturated rings. The average Bonchev–Trinajstić information content (AvgIpc) is 2.38. The van der Waals surface area contributed by atoms with E-state index in [1.165, 1.54) is 12.1 Å². The van der Waals surface area contributed by atoms with Crippen molar-refractivity contribution in [3.63, 3.8) is 0 Å². The first kappa shape index (κ1) is 15.7. The van der Waals surface area contributed by atoms with E-state index in [-0.39, 0.29) is 11.6 Å². The van der Waals surface area contributed by atoms with Crippen molar-refractivity contribution in [2.24, 2.45) is 5.73 Å². The fraction of sp³-hybridized carbons (Fsp3) is 0.462. The third-order valence-electron chi connectivity index (χ3n) is 2.59. The highest BCUT2D eigenvalue weighted by molar-refractivity contribution is 5.73. The molecular formula is C13H19N3O4. The van der Waals surface area contributed by atoms with E-state index in [9.17, 15) is 14.9 Å². The van der Waals surface area contributed by atoms with Crippen molar-refractivity contribution in [2.45, 2.75) is 26.2 Å². The normalized spacial score (nSPS) is 10.1. The summed E-state index contributed by atoms with van der Waals surface area (Å²) in [6.45, 7) is 2.87. The number of benzene rings is 1. The second kappa shape index (κ2) is 7.98. The Morgan fingerprint density at radius 3 is 2.75 bits per heavy atom. The van der Waals surface area contributed by atoms with Gasteiger partial charge in [-0.2, -0.15) is 0 Å². The van der Waals surface area contributed by atoms with Gasteiger partial charge in [-0.05, 0) is 19.8 Å². The minimum atomic E-state index is -0.458. The van der Waals surface area contributed by atoms with Crippen LogP contribution in [0.1, 0.15) is 26.2 Å². The smallest absolute Gasteiger partial charge is 0.275 e. The molecule has 110 valence electrons. The van der Waals surface area contributed by atoms with Crippen molar-refractivity contribution in [2.75, 3.05) is 18.5 Å². The van der Waals surface area contributed by atoms with Gasteiger partial charge in [0.05, 0.1) is 17.6 Å². The molecule has 0 aromatic heterocycles. The Labute approximate surface area is 117 Å². The van der Waals surface area contributed by atoms with Crippen molar-refractivity contribution in [1.29, 1.82) is 0 Å². The number of ether oxygens (including phenoxy) is 1. The zero-order valence-corrected chi connectivity index (χ0v) is 11.4. The Morgan fingerprint density at radius 1 is 1.40 bits per heavy atom. The number of nitrogens with one attached hydrogen (secondary N) is 1. The van der Waals surface area contributed by atoms with Gasteiger partial charge in [-0.1, -0.05) is 0 Å². The van der Waals surface area contributed by atoms with E-state index in [0.717, 1.165) is 6.42 Å². The molecule has 0 saturated carbocycles. The lowest BCUT2D eigenvalue weighted by Crippen LogP contribution is -2.11. The van der Waals surface area contributed by atoms with E-state index in [1.807, 2.05) is 6.92 Å². The third-order valence-corrected chi connectivity index (χ3v) is 2.59. The van der Waals surface area contributed by atoms with Gasteiger partial charge in [0.1, 0.15) is 5.75 Å². The molecular weight excluding hydrogens is 262 g/mol.